The first-order valence-electron chi connectivity index (χ1n) is 7.10. The molecule has 0 radical (unpaired) electrons. The van der Waals surface area contributed by atoms with Crippen LogP contribution in [0.4, 0.5) is 0 Å². The number of hydrogen-bond acceptors (Lipinski definition) is 1. The zero-order valence-corrected chi connectivity index (χ0v) is 11.3. The quantitative estimate of drug-likeness (QED) is 0.678. The summed E-state index contributed by atoms with van der Waals surface area (Å²) in [4.78, 5) is 2.73. The van der Waals surface area contributed by atoms with Gasteiger partial charge in [0.1, 0.15) is 0 Å². The fourth-order valence-corrected chi connectivity index (χ4v) is 2.89. The molecule has 0 N–H and O–H groups in total. The molecule has 1 aromatic rings. The summed E-state index contributed by atoms with van der Waals surface area (Å²) < 4.78 is 0. The van der Waals surface area contributed by atoms with Gasteiger partial charge in [-0.1, -0.05) is 50.6 Å². The van der Waals surface area contributed by atoms with Crippen molar-refractivity contribution in [1.29, 1.82) is 0 Å². The normalized spacial score (nSPS) is 17.4. The highest BCUT2D eigenvalue weighted by Gasteiger charge is 2.46. The third kappa shape index (κ3) is 3.10. The molecule has 0 amide bonds. The molecule has 94 valence electrons. The molecule has 0 saturated heterocycles. The van der Waals surface area contributed by atoms with Gasteiger partial charge >= 0.3 is 0 Å². The van der Waals surface area contributed by atoms with Crippen LogP contribution in [0.15, 0.2) is 30.3 Å². The molecule has 1 fully saturated rings. The molecule has 1 saturated carbocycles. The van der Waals surface area contributed by atoms with E-state index in [4.69, 9.17) is 0 Å². The van der Waals surface area contributed by atoms with Crippen LogP contribution in [0.25, 0.3) is 0 Å². The van der Waals surface area contributed by atoms with E-state index in [1.54, 1.807) is 0 Å². The van der Waals surface area contributed by atoms with Crippen LogP contribution in [0.5, 0.6) is 0 Å². The van der Waals surface area contributed by atoms with Crippen LogP contribution in [0.1, 0.15) is 51.5 Å². The van der Waals surface area contributed by atoms with Crippen LogP contribution in [-0.2, 0) is 6.54 Å². The van der Waals surface area contributed by atoms with Crippen LogP contribution in [-0.4, -0.2) is 17.0 Å². The third-order valence-corrected chi connectivity index (χ3v) is 3.92. The fraction of sp³-hybridized carbons (Fsp3) is 0.625. The molecule has 2 rings (SSSR count). The minimum absolute atomic E-state index is 0.556. The average molecular weight is 231 g/mol. The molecule has 1 aromatic carbocycles. The van der Waals surface area contributed by atoms with Crippen molar-refractivity contribution in [3.8, 4) is 0 Å². The minimum Gasteiger partial charge on any atom is -0.293 e. The van der Waals surface area contributed by atoms with E-state index < -0.39 is 0 Å². The minimum atomic E-state index is 0.556. The molecule has 1 nitrogen and oxygen atoms in total. The Bertz CT molecular complexity index is 327. The predicted molar refractivity (Wildman–Crippen MR) is 74.0 cm³/mol. The van der Waals surface area contributed by atoms with Gasteiger partial charge in [0, 0.05) is 12.1 Å². The molecule has 1 aliphatic rings. The van der Waals surface area contributed by atoms with E-state index in [9.17, 15) is 0 Å². The zero-order chi connectivity index (χ0) is 12.1. The van der Waals surface area contributed by atoms with E-state index in [1.165, 1.54) is 44.2 Å². The Kier molecular flexibility index (Phi) is 4.22. The second kappa shape index (κ2) is 5.68. The van der Waals surface area contributed by atoms with Gasteiger partial charge in [0.15, 0.2) is 0 Å². The first-order valence-corrected chi connectivity index (χ1v) is 7.10. The number of nitrogens with zero attached hydrogens (tertiary/aromatic N) is 1. The topological polar surface area (TPSA) is 3.24 Å². The fourth-order valence-electron chi connectivity index (χ4n) is 2.89. The highest BCUT2D eigenvalue weighted by Crippen LogP contribution is 2.46. The summed E-state index contributed by atoms with van der Waals surface area (Å²) in [6.45, 7) is 6.98. The average Bonchev–Trinajstić information content (AvgIpc) is 3.11. The molecule has 1 aliphatic carbocycles. The maximum atomic E-state index is 2.73. The molecular weight excluding hydrogens is 206 g/mol. The molecular formula is C16H25N. The Labute approximate surface area is 106 Å². The van der Waals surface area contributed by atoms with Crippen molar-refractivity contribution in [2.45, 2.75) is 58.0 Å². The van der Waals surface area contributed by atoms with E-state index in [2.05, 4.69) is 49.1 Å². The van der Waals surface area contributed by atoms with Crippen LogP contribution < -0.4 is 0 Å². The van der Waals surface area contributed by atoms with Gasteiger partial charge < -0.3 is 0 Å². The van der Waals surface area contributed by atoms with E-state index in [1.807, 2.05) is 0 Å². The van der Waals surface area contributed by atoms with Crippen molar-refractivity contribution in [2.24, 2.45) is 0 Å². The van der Waals surface area contributed by atoms with Crippen molar-refractivity contribution in [2.75, 3.05) is 6.54 Å². The first kappa shape index (κ1) is 12.6. The summed E-state index contributed by atoms with van der Waals surface area (Å²) in [7, 11) is 0. The third-order valence-electron chi connectivity index (χ3n) is 3.92. The summed E-state index contributed by atoms with van der Waals surface area (Å²) >= 11 is 0. The van der Waals surface area contributed by atoms with Gasteiger partial charge in [0.2, 0.25) is 0 Å². The van der Waals surface area contributed by atoms with Gasteiger partial charge in [-0.15, -0.1) is 0 Å². The summed E-state index contributed by atoms with van der Waals surface area (Å²) in [5.41, 5.74) is 2.02. The van der Waals surface area contributed by atoms with E-state index >= 15 is 0 Å². The lowest BCUT2D eigenvalue weighted by Gasteiger charge is -2.31. The maximum absolute atomic E-state index is 2.73. The SMILES string of the molecule is CCCN(Cc1ccccc1)C1(CCC)CC1. The summed E-state index contributed by atoms with van der Waals surface area (Å²) in [6, 6.07) is 10.9. The highest BCUT2D eigenvalue weighted by atomic mass is 15.2. The molecule has 0 aromatic heterocycles. The van der Waals surface area contributed by atoms with E-state index in [0.29, 0.717) is 5.54 Å². The van der Waals surface area contributed by atoms with Gasteiger partial charge in [-0.05, 0) is 37.8 Å². The van der Waals surface area contributed by atoms with Gasteiger partial charge in [-0.3, -0.25) is 4.90 Å². The summed E-state index contributed by atoms with van der Waals surface area (Å²) in [6.07, 6.45) is 6.77. The Balaban J connectivity index is 2.03. The molecule has 0 unspecified atom stereocenters. The van der Waals surface area contributed by atoms with Crippen molar-refractivity contribution >= 4 is 0 Å². The van der Waals surface area contributed by atoms with Gasteiger partial charge in [0.25, 0.3) is 0 Å². The smallest absolute Gasteiger partial charge is 0.0239 e. The van der Waals surface area contributed by atoms with Crippen molar-refractivity contribution in [3.05, 3.63) is 35.9 Å². The molecule has 1 heteroatoms. The molecule has 0 aliphatic heterocycles. The van der Waals surface area contributed by atoms with Crippen LogP contribution in [0.2, 0.25) is 0 Å². The van der Waals surface area contributed by atoms with E-state index in [-0.39, 0.29) is 0 Å². The first-order chi connectivity index (χ1) is 8.30. The summed E-state index contributed by atoms with van der Waals surface area (Å²) in [5, 5.41) is 0. The zero-order valence-electron chi connectivity index (χ0n) is 11.3. The monoisotopic (exact) mass is 231 g/mol. The van der Waals surface area contributed by atoms with Gasteiger partial charge in [-0.2, -0.15) is 0 Å². The second-order valence-corrected chi connectivity index (χ2v) is 5.38. The molecule has 0 heterocycles. The Morgan fingerprint density at radius 3 is 2.29 bits per heavy atom. The van der Waals surface area contributed by atoms with Crippen LogP contribution in [0, 0.1) is 0 Å². The highest BCUT2D eigenvalue weighted by molar-refractivity contribution is 5.16. The number of rotatable bonds is 7. The van der Waals surface area contributed by atoms with Crippen molar-refractivity contribution in [1.82, 2.24) is 4.90 Å². The Hall–Kier alpha value is -0.820. The largest absolute Gasteiger partial charge is 0.293 e. The summed E-state index contributed by atoms with van der Waals surface area (Å²) in [5.74, 6) is 0. The predicted octanol–water partition coefficient (Wildman–Crippen LogP) is 4.23. The Morgan fingerprint density at radius 1 is 1.06 bits per heavy atom. The lowest BCUT2D eigenvalue weighted by Crippen LogP contribution is -2.37. The standard InChI is InChI=1S/C16H25N/c1-3-10-16(11-12-16)17(13-4-2)14-15-8-6-5-7-9-15/h5-9H,3-4,10-14H2,1-2H3. The Morgan fingerprint density at radius 2 is 1.76 bits per heavy atom. The lowest BCUT2D eigenvalue weighted by atomic mass is 10.1. The van der Waals surface area contributed by atoms with Crippen molar-refractivity contribution < 1.29 is 0 Å². The van der Waals surface area contributed by atoms with Crippen LogP contribution in [0.3, 0.4) is 0 Å². The van der Waals surface area contributed by atoms with Gasteiger partial charge in [0.05, 0.1) is 0 Å². The lowest BCUT2D eigenvalue weighted by molar-refractivity contribution is 0.157. The molecule has 0 spiro atoms. The van der Waals surface area contributed by atoms with Crippen LogP contribution >= 0.6 is 0 Å². The van der Waals surface area contributed by atoms with Crippen molar-refractivity contribution in [3.63, 3.8) is 0 Å². The van der Waals surface area contributed by atoms with E-state index in [0.717, 1.165) is 6.54 Å². The van der Waals surface area contributed by atoms with Gasteiger partial charge in [-0.25, -0.2) is 0 Å². The maximum Gasteiger partial charge on any atom is 0.0239 e. The number of hydrogen-bond donors (Lipinski definition) is 0. The number of benzene rings is 1. The molecule has 17 heavy (non-hydrogen) atoms. The molecule has 0 atom stereocenters. The molecule has 0 bridgehead atoms. The second-order valence-electron chi connectivity index (χ2n) is 5.38.